The minimum absolute atomic E-state index is 0.0855. The van der Waals surface area contributed by atoms with E-state index in [1.54, 1.807) is 19.2 Å². The summed E-state index contributed by atoms with van der Waals surface area (Å²) in [5.41, 5.74) is 0.0855. The molecular formula is C14H17NO5. The maximum atomic E-state index is 12.1. The van der Waals surface area contributed by atoms with Crippen LogP contribution in [-0.2, 0) is 14.3 Å². The van der Waals surface area contributed by atoms with Crippen molar-refractivity contribution in [1.82, 2.24) is 4.90 Å². The zero-order valence-electron chi connectivity index (χ0n) is 11.5. The monoisotopic (exact) mass is 279 g/mol. The van der Waals surface area contributed by atoms with Crippen molar-refractivity contribution in [3.63, 3.8) is 0 Å². The summed E-state index contributed by atoms with van der Waals surface area (Å²) in [6.45, 7) is 2.19. The van der Waals surface area contributed by atoms with Crippen molar-refractivity contribution in [2.45, 2.75) is 19.4 Å². The van der Waals surface area contributed by atoms with Crippen molar-refractivity contribution in [3.8, 4) is 0 Å². The van der Waals surface area contributed by atoms with Gasteiger partial charge in [0.15, 0.2) is 11.5 Å². The minimum Gasteiger partial charge on any atom is -0.503 e. The molecule has 1 unspecified atom stereocenters. The summed E-state index contributed by atoms with van der Waals surface area (Å²) in [6, 6.07) is 2.70. The number of carbonyl (C=O) groups is 2. The Hall–Kier alpha value is -2.08. The lowest BCUT2D eigenvalue weighted by molar-refractivity contribution is -0.129. The molecule has 0 aliphatic carbocycles. The third-order valence-corrected chi connectivity index (χ3v) is 3.24. The number of aliphatic hydroxyl groups excluding tert-OH is 1. The fraction of sp³-hybridized carbons (Fsp3) is 0.429. The summed E-state index contributed by atoms with van der Waals surface area (Å²) in [7, 11) is 1.58. The zero-order valence-corrected chi connectivity index (χ0v) is 11.5. The molecule has 6 heteroatoms. The van der Waals surface area contributed by atoms with Crippen molar-refractivity contribution in [1.29, 1.82) is 0 Å². The van der Waals surface area contributed by atoms with Gasteiger partial charge in [-0.2, -0.15) is 0 Å². The van der Waals surface area contributed by atoms with Crippen LogP contribution in [0.4, 0.5) is 0 Å². The van der Waals surface area contributed by atoms with E-state index in [1.165, 1.54) is 18.1 Å². The first-order chi connectivity index (χ1) is 9.57. The maximum Gasteiger partial charge on any atom is 0.290 e. The molecular weight excluding hydrogens is 262 g/mol. The van der Waals surface area contributed by atoms with Crippen molar-refractivity contribution in [2.75, 3.05) is 20.3 Å². The quantitative estimate of drug-likeness (QED) is 0.800. The average molecular weight is 279 g/mol. The van der Waals surface area contributed by atoms with Gasteiger partial charge >= 0.3 is 0 Å². The van der Waals surface area contributed by atoms with Crippen molar-refractivity contribution in [2.24, 2.45) is 0 Å². The molecule has 108 valence electrons. The van der Waals surface area contributed by atoms with Crippen LogP contribution < -0.4 is 0 Å². The van der Waals surface area contributed by atoms with E-state index in [0.29, 0.717) is 25.3 Å². The number of nitrogens with zero attached hydrogens (tertiary/aromatic N) is 1. The van der Waals surface area contributed by atoms with Gasteiger partial charge in [-0.1, -0.05) is 0 Å². The number of ketones is 1. The van der Waals surface area contributed by atoms with Gasteiger partial charge < -0.3 is 19.2 Å². The second-order valence-electron chi connectivity index (χ2n) is 4.58. The predicted octanol–water partition coefficient (Wildman–Crippen LogP) is 1.60. The fourth-order valence-electron chi connectivity index (χ4n) is 2.37. The smallest absolute Gasteiger partial charge is 0.290 e. The average Bonchev–Trinajstić information content (AvgIpc) is 3.00. The Bertz CT molecular complexity index is 532. The van der Waals surface area contributed by atoms with Gasteiger partial charge in [0.2, 0.25) is 0 Å². The van der Waals surface area contributed by atoms with Crippen LogP contribution in [0.5, 0.6) is 0 Å². The van der Waals surface area contributed by atoms with Crippen LogP contribution in [0.15, 0.2) is 34.1 Å². The lowest BCUT2D eigenvalue weighted by Gasteiger charge is -2.24. The van der Waals surface area contributed by atoms with E-state index in [2.05, 4.69) is 0 Å². The van der Waals surface area contributed by atoms with Gasteiger partial charge in [-0.25, -0.2) is 0 Å². The summed E-state index contributed by atoms with van der Waals surface area (Å²) in [5.74, 6) is -0.916. The molecule has 1 amide bonds. The Morgan fingerprint density at radius 3 is 2.85 bits per heavy atom. The molecule has 0 saturated heterocycles. The van der Waals surface area contributed by atoms with Gasteiger partial charge in [0, 0.05) is 20.3 Å². The normalized spacial score (nSPS) is 19.0. The molecule has 6 nitrogen and oxygen atoms in total. The van der Waals surface area contributed by atoms with E-state index in [1.807, 2.05) is 0 Å². The van der Waals surface area contributed by atoms with Crippen LogP contribution in [-0.4, -0.2) is 42.0 Å². The Kier molecular flexibility index (Phi) is 4.24. The standard InChI is InChI=1S/C14H17NO5/c1-9(16)11-12(10-5-3-8-20-10)15(6-4-7-19-2)14(18)13(11)17/h3,5,8,12,17H,4,6-7H2,1-2H3. The number of furan rings is 1. The summed E-state index contributed by atoms with van der Waals surface area (Å²) in [5, 5.41) is 9.92. The number of rotatable bonds is 6. The van der Waals surface area contributed by atoms with Gasteiger partial charge in [-0.05, 0) is 25.5 Å². The van der Waals surface area contributed by atoms with Gasteiger partial charge in [0.1, 0.15) is 11.8 Å². The van der Waals surface area contributed by atoms with E-state index in [4.69, 9.17) is 9.15 Å². The topological polar surface area (TPSA) is 80.0 Å². The number of amides is 1. The first-order valence-electron chi connectivity index (χ1n) is 6.35. The second kappa shape index (κ2) is 5.92. The van der Waals surface area contributed by atoms with Crippen LogP contribution >= 0.6 is 0 Å². The highest BCUT2D eigenvalue weighted by Crippen LogP contribution is 2.37. The highest BCUT2D eigenvalue weighted by Gasteiger charge is 2.43. The zero-order chi connectivity index (χ0) is 14.7. The van der Waals surface area contributed by atoms with Gasteiger partial charge in [-0.3, -0.25) is 9.59 Å². The number of ether oxygens (including phenoxy) is 1. The minimum atomic E-state index is -0.660. The third-order valence-electron chi connectivity index (χ3n) is 3.24. The van der Waals surface area contributed by atoms with Crippen LogP contribution in [0.1, 0.15) is 25.1 Å². The molecule has 20 heavy (non-hydrogen) atoms. The largest absolute Gasteiger partial charge is 0.503 e. The number of hydrogen-bond acceptors (Lipinski definition) is 5. The van der Waals surface area contributed by atoms with Crippen molar-refractivity contribution < 1.29 is 23.8 Å². The molecule has 1 N–H and O–H groups in total. The van der Waals surface area contributed by atoms with Gasteiger partial charge in [0.25, 0.3) is 5.91 Å². The molecule has 1 aliphatic heterocycles. The number of Topliss-reactive ketones (excluding diaryl/α,β-unsaturated/α-hetero) is 1. The predicted molar refractivity (Wildman–Crippen MR) is 70.0 cm³/mol. The first-order valence-corrected chi connectivity index (χ1v) is 6.35. The van der Waals surface area contributed by atoms with Crippen LogP contribution in [0.3, 0.4) is 0 Å². The van der Waals surface area contributed by atoms with Crippen molar-refractivity contribution >= 4 is 11.7 Å². The molecule has 0 spiro atoms. The Balaban J connectivity index is 2.32. The molecule has 1 aromatic heterocycles. The molecule has 0 aromatic carbocycles. The SMILES string of the molecule is COCCCN1C(=O)C(O)=C(C(C)=O)C1c1ccco1. The van der Waals surface area contributed by atoms with E-state index in [-0.39, 0.29) is 11.4 Å². The highest BCUT2D eigenvalue weighted by molar-refractivity contribution is 6.07. The number of carbonyl (C=O) groups excluding carboxylic acids is 2. The van der Waals surface area contributed by atoms with Crippen LogP contribution in [0.2, 0.25) is 0 Å². The lowest BCUT2D eigenvalue weighted by Crippen LogP contribution is -2.32. The Labute approximate surface area is 116 Å². The first kappa shape index (κ1) is 14.3. The molecule has 0 saturated carbocycles. The van der Waals surface area contributed by atoms with E-state index in [0.717, 1.165) is 0 Å². The second-order valence-corrected chi connectivity index (χ2v) is 4.58. The molecule has 0 bridgehead atoms. The molecule has 2 heterocycles. The van der Waals surface area contributed by atoms with Crippen LogP contribution in [0, 0.1) is 0 Å². The molecule has 1 aromatic rings. The molecule has 1 aliphatic rings. The Morgan fingerprint density at radius 2 is 2.30 bits per heavy atom. The number of hydrogen-bond donors (Lipinski definition) is 1. The van der Waals surface area contributed by atoms with E-state index < -0.39 is 17.7 Å². The van der Waals surface area contributed by atoms with E-state index >= 15 is 0 Å². The van der Waals surface area contributed by atoms with Gasteiger partial charge in [0.05, 0.1) is 11.8 Å². The molecule has 0 radical (unpaired) electrons. The van der Waals surface area contributed by atoms with Crippen LogP contribution in [0.25, 0.3) is 0 Å². The third kappa shape index (κ3) is 2.46. The molecule has 2 rings (SSSR count). The maximum absolute atomic E-state index is 12.1. The summed E-state index contributed by atoms with van der Waals surface area (Å²) >= 11 is 0. The summed E-state index contributed by atoms with van der Waals surface area (Å²) < 4.78 is 10.3. The summed E-state index contributed by atoms with van der Waals surface area (Å²) in [4.78, 5) is 25.3. The number of methoxy groups -OCH3 is 1. The van der Waals surface area contributed by atoms with Gasteiger partial charge in [-0.15, -0.1) is 0 Å². The lowest BCUT2D eigenvalue weighted by atomic mass is 10.0. The Morgan fingerprint density at radius 1 is 1.55 bits per heavy atom. The fourth-order valence-corrected chi connectivity index (χ4v) is 2.37. The highest BCUT2D eigenvalue weighted by atomic mass is 16.5. The molecule has 1 atom stereocenters. The number of aliphatic hydroxyl groups is 1. The summed E-state index contributed by atoms with van der Waals surface area (Å²) in [6.07, 6.45) is 2.08. The molecule has 0 fully saturated rings. The van der Waals surface area contributed by atoms with E-state index in [9.17, 15) is 14.7 Å². The van der Waals surface area contributed by atoms with Crippen molar-refractivity contribution in [3.05, 3.63) is 35.5 Å².